The number of rotatable bonds is 21. The van der Waals surface area contributed by atoms with Crippen LogP contribution in [0.3, 0.4) is 0 Å². The molecule has 0 N–H and O–H groups in total. The first-order chi connectivity index (χ1) is 64.1. The van der Waals surface area contributed by atoms with Crippen molar-refractivity contribution < 1.29 is 113 Å². The Balaban J connectivity index is -0.000000159. The van der Waals surface area contributed by atoms with E-state index < -0.39 is 108 Å². The molecule has 0 aromatic heterocycles. The summed E-state index contributed by atoms with van der Waals surface area (Å²) in [5.41, 5.74) is 22.1. The zero-order valence-corrected chi connectivity index (χ0v) is 124. The van der Waals surface area contributed by atoms with E-state index in [2.05, 4.69) is 254 Å². The van der Waals surface area contributed by atoms with Crippen LogP contribution >= 0.6 is 249 Å². The molecule has 10 aromatic carbocycles. The Hall–Kier alpha value is 2.53. The van der Waals surface area contributed by atoms with E-state index in [1.807, 2.05) is 163 Å². The zero-order chi connectivity index (χ0) is 100. The summed E-state index contributed by atoms with van der Waals surface area (Å²) in [7, 11) is 92.3. The molecule has 1 aliphatic carbocycles. The van der Waals surface area contributed by atoms with Gasteiger partial charge in [0.1, 0.15) is 0 Å². The fourth-order valence-electron chi connectivity index (χ4n) is 12.8. The normalized spacial score (nSPS) is 11.7. The number of methoxy groups -OCH3 is 1. The van der Waals surface area contributed by atoms with E-state index in [-0.39, 0.29) is 104 Å². The number of benzene rings is 10. The minimum atomic E-state index is -1.65. The van der Waals surface area contributed by atoms with Crippen molar-refractivity contribution in [2.75, 3.05) is 26.7 Å². The van der Waals surface area contributed by atoms with Crippen molar-refractivity contribution in [1.29, 1.82) is 0 Å². The Kier molecular flexibility index (Phi) is 118. The van der Waals surface area contributed by atoms with E-state index in [1.165, 1.54) is 146 Å². The molecule has 0 bridgehead atoms. The van der Waals surface area contributed by atoms with E-state index in [4.69, 9.17) is 171 Å². The number of ether oxygens (including phenoxy) is 1. The van der Waals surface area contributed by atoms with Crippen LogP contribution in [0.2, 0.25) is 5.02 Å². The molecule has 868 valence electrons. The predicted molar refractivity (Wildman–Crippen MR) is 698 cm³/mol. The van der Waals surface area contributed by atoms with E-state index in [0.717, 1.165) is 25.8 Å². The Morgan fingerprint density at radius 3 is 0.779 bits per heavy atom. The van der Waals surface area contributed by atoms with Gasteiger partial charge in [-0.25, -0.2) is 0 Å². The molecule has 0 atom stereocenters. The van der Waals surface area contributed by atoms with Crippen molar-refractivity contribution in [3.63, 3.8) is 0 Å². The van der Waals surface area contributed by atoms with Crippen molar-refractivity contribution in [2.24, 2.45) is 0 Å². The number of anilines is 4. The van der Waals surface area contributed by atoms with Gasteiger partial charge in [-0.2, -0.15) is 0 Å². The monoisotopic (exact) mass is 3270 g/mol. The van der Waals surface area contributed by atoms with Gasteiger partial charge >= 0.3 is 687 Å². The Morgan fingerprint density at radius 1 is 0.302 bits per heavy atom. The Labute approximate surface area is 1050 Å². The maximum absolute atomic E-state index is 5.73. The zero-order valence-electron chi connectivity index (χ0n) is 90.2. The van der Waals surface area contributed by atoms with Gasteiger partial charge in [-0.1, -0.05) is 70.8 Å². The number of halogens is 17. The molecule has 0 spiro atoms. The maximum atomic E-state index is 5.73. The third kappa shape index (κ3) is 79.4. The van der Waals surface area contributed by atoms with Gasteiger partial charge in [0.25, 0.3) is 0 Å². The topological polar surface area (TPSA) is 22.2 Å². The summed E-state index contributed by atoms with van der Waals surface area (Å²) in [6.07, 6.45) is 15.5. The van der Waals surface area contributed by atoms with Gasteiger partial charge in [0.15, 0.2) is 0 Å². The molecule has 0 amide bonds. The predicted octanol–water partition coefficient (Wildman–Crippen LogP) is 43.8. The summed E-state index contributed by atoms with van der Waals surface area (Å²) in [5.74, 6) is 0.857. The van der Waals surface area contributed by atoms with Gasteiger partial charge in [-0.15, -0.1) is 13.3 Å². The second kappa shape index (κ2) is 101. The van der Waals surface area contributed by atoms with Gasteiger partial charge < -0.3 is 124 Å². The number of hydrogen-bond donors (Lipinski definition) is 0. The van der Waals surface area contributed by atoms with Crippen LogP contribution in [-0.4, -0.2) is 63.7 Å². The van der Waals surface area contributed by atoms with Crippen LogP contribution in [0.4, 0.5) is 22.7 Å². The van der Waals surface area contributed by atoms with Crippen LogP contribution in [0.5, 0.6) is 5.75 Å². The van der Waals surface area contributed by atoms with Crippen molar-refractivity contribution in [3.8, 4) is 5.75 Å². The molecular weight excluding hydrogens is 3120 g/mol. The quantitative estimate of drug-likeness (QED) is 0.0389. The molecule has 0 saturated heterocycles. The molecule has 10 aromatic rings. The van der Waals surface area contributed by atoms with Gasteiger partial charge in [0, 0.05) is 22.7 Å². The molecule has 2 heterocycles. The van der Waals surface area contributed by atoms with Crippen LogP contribution < -0.4 is 28.8 Å². The van der Waals surface area contributed by atoms with Crippen LogP contribution in [0.15, 0.2) is 262 Å². The number of aryl methyl sites for hydroxylation is 13. The van der Waals surface area contributed by atoms with Crippen LogP contribution in [0, 0.1) is 207 Å². The summed E-state index contributed by atoms with van der Waals surface area (Å²) in [4.78, 5) is 14.7. The fraction of sp³-hybridized carbons (Fsp3) is 0.207. The van der Waals surface area contributed by atoms with Gasteiger partial charge in [0.05, 0.1) is 0 Å². The summed E-state index contributed by atoms with van der Waals surface area (Å²) >= 11 is 5.02. The first kappa shape index (κ1) is 174. The third-order valence-corrected chi connectivity index (χ3v) is 58.3. The van der Waals surface area contributed by atoms with Crippen molar-refractivity contribution >= 4 is 322 Å². The minimum absolute atomic E-state index is 0. The molecule has 1 fully saturated rings. The Bertz CT molecular complexity index is 5020. The molecule has 38 heteroatoms. The summed E-state index contributed by atoms with van der Waals surface area (Å²) in [6.45, 7) is 36.7. The standard InChI is InChI=1S/2C21H25N2.C8H8OS.C8H8S.C7H5ClS.C7H12S.2C7H6S.C7H6Se.C4H8S.14CH3.16ClH.8Ru/c2*1-14-9-16(3)20(17(4)10-14)22-7-8-23(13-22)21-18(5)11-15(2)12-19(21)6;1-9-7-3-5-8(10-2)6-4-7;1-7-3-5-8(9-2)6-4-7;1-9-7-4-2-6(8)3-5-7;4*1-8-7-5-3-2-4-6-7;1-4(2)5-3;;;;;;;;;;;;;;;;;;;;;;;;;;;;;;;;;;;;;;/h2*7-13H,1-6H3;2-6H,1H3;2-6H,1H3;1-5H;1,7H,2-6H2;3*1-6H;3-4H,1-2H3;14*1H3;16*1H;;;;;;;;/q2*-1;;;;;;;;;14*-1;;;;;;;;;;;;;;;;;8*+2/p-16. The summed E-state index contributed by atoms with van der Waals surface area (Å²) < 4.78 is 22.0. The first-order valence-electron chi connectivity index (χ1n) is 40.1. The average molecular weight is 3270 g/mol. The second-order valence-corrected chi connectivity index (χ2v) is 90.6. The molecule has 149 heavy (non-hydrogen) atoms. The van der Waals surface area contributed by atoms with E-state index >= 15 is 0 Å². The molecule has 3 aliphatic rings. The molecule has 5 nitrogen and oxygen atoms in total. The molecule has 0 radical (unpaired) electrons. The fourth-order valence-corrected chi connectivity index (χ4v) is 38.8. The summed E-state index contributed by atoms with van der Waals surface area (Å²) in [6, 6.07) is 72.0. The number of nitrogens with zero attached hydrogens (tertiary/aromatic N) is 4. The van der Waals surface area contributed by atoms with Gasteiger partial charge in [-0.05, 0) is 152 Å². The molecule has 0 unspecified atom stereocenters. The van der Waals surface area contributed by atoms with Crippen molar-refractivity contribution in [3.05, 3.63) is 432 Å². The third-order valence-electron chi connectivity index (χ3n) is 17.7. The molecule has 1 saturated carbocycles. The van der Waals surface area contributed by atoms with Crippen LogP contribution in [0.1, 0.15) is 118 Å². The van der Waals surface area contributed by atoms with Crippen molar-refractivity contribution in [2.45, 2.75) is 171 Å². The van der Waals surface area contributed by atoms with Crippen molar-refractivity contribution in [1.82, 2.24) is 0 Å². The molecular formula is C111H151Cl17N4ORu8S7Se-16. The second-order valence-electron chi connectivity index (χ2n) is 28.9. The average Bonchev–Trinajstić information content (AvgIpc) is 1.66. The van der Waals surface area contributed by atoms with Gasteiger partial charge in [-0.3, -0.25) is 0 Å². The molecule has 13 rings (SSSR count). The number of hydrogen-bond acceptors (Lipinski definition) is 12. The van der Waals surface area contributed by atoms with E-state index in [9.17, 15) is 0 Å². The summed E-state index contributed by atoms with van der Waals surface area (Å²) in [5, 5.41) is 2.17. The first-order valence-corrected chi connectivity index (χ1v) is 92.4. The van der Waals surface area contributed by atoms with Crippen LogP contribution in [-0.2, 0) is 108 Å². The van der Waals surface area contributed by atoms with Gasteiger partial charge in [0.2, 0.25) is 0 Å². The van der Waals surface area contributed by atoms with Crippen LogP contribution in [0.25, 0.3) is 0 Å². The SMILES string of the molecule is CC(C)S[CH]=[Ru]([Cl])[Cl].COc1ccc(S[CH]=[Ru]([Cl])[Cl])cc1.Cc1cc(C)c(N2C=CN(c3c(C)cc(C)cc3C)[CH-]2)c(C)c1.Cc1cc(C)c(N2C=CN(c3c(C)cc(C)cc3C)[CH-]2)c(C)c1.Cc1ccc(S[CH]=[Ru]([Cl])[Cl])cc1.Clc1ccc(S[CH]=[Ru]([Cl])[Cl])cc1.[CH3-].[CH3-].[CH3-].[CH3-].[CH3-].[CH3-].[CH3-].[CH3-].[CH3-].[CH3-].[CH3-].[CH3-].[CH3-].[CH3-].[Cl][Ru]([Cl])=[CH]SC1CCCCC1.[Cl][Ru]([Cl])=[CH]Sc1ccccc1.[Cl][Ru]([Cl])=[CH]Sc1ccccc1.[Cl][Ru]([Cl])=[CH][Se]c1ccccc1. The molecule has 2 aliphatic heterocycles. The number of thioether (sulfide) groups is 7. The Morgan fingerprint density at radius 2 is 0.544 bits per heavy atom. The van der Waals surface area contributed by atoms with E-state index in [1.54, 1.807) is 77.7 Å². The van der Waals surface area contributed by atoms with E-state index in [0.29, 0.717) is 20.2 Å².